The van der Waals surface area contributed by atoms with Gasteiger partial charge in [-0.15, -0.1) is 0 Å². The van der Waals surface area contributed by atoms with Crippen LogP contribution in [0.5, 0.6) is 0 Å². The summed E-state index contributed by atoms with van der Waals surface area (Å²) < 4.78 is 2.58. The van der Waals surface area contributed by atoms with Crippen molar-refractivity contribution in [2.45, 2.75) is 0 Å². The Morgan fingerprint density at radius 2 is 2.29 bits per heavy atom. The van der Waals surface area contributed by atoms with E-state index >= 15 is 0 Å². The number of hydrogen-bond acceptors (Lipinski definition) is 2. The molecule has 0 aromatic carbocycles. The summed E-state index contributed by atoms with van der Waals surface area (Å²) in [5.74, 6) is 0.202. The number of halogens is 2. The third kappa shape index (κ3) is 2.87. The third-order valence-electron chi connectivity index (χ3n) is 2.17. The van der Waals surface area contributed by atoms with E-state index in [-0.39, 0.29) is 5.91 Å². The molecule has 0 bridgehead atoms. The van der Waals surface area contributed by atoms with Crippen molar-refractivity contribution in [1.82, 2.24) is 9.55 Å². The van der Waals surface area contributed by atoms with Crippen LogP contribution in [0.2, 0.25) is 5.02 Å². The molecule has 0 atom stereocenters. The zero-order valence-electron chi connectivity index (χ0n) is 8.95. The van der Waals surface area contributed by atoms with E-state index in [4.69, 9.17) is 11.6 Å². The van der Waals surface area contributed by atoms with E-state index in [1.54, 1.807) is 42.2 Å². The first-order valence-corrected chi connectivity index (χ1v) is 5.98. The average molecular weight is 315 g/mol. The second kappa shape index (κ2) is 4.89. The van der Waals surface area contributed by atoms with E-state index in [9.17, 15) is 4.79 Å². The van der Waals surface area contributed by atoms with Crippen molar-refractivity contribution in [3.05, 3.63) is 45.8 Å². The van der Waals surface area contributed by atoms with Crippen LogP contribution in [-0.4, -0.2) is 15.5 Å². The summed E-state index contributed by atoms with van der Waals surface area (Å²) in [6, 6.07) is 4.98. The first kappa shape index (κ1) is 12.1. The summed E-state index contributed by atoms with van der Waals surface area (Å²) in [4.78, 5) is 15.9. The van der Waals surface area contributed by atoms with E-state index in [1.807, 2.05) is 0 Å². The molecule has 88 valence electrons. The molecule has 6 heteroatoms. The van der Waals surface area contributed by atoms with Crippen LogP contribution in [0.15, 0.2) is 35.1 Å². The number of hydrogen-bond donors (Lipinski definition) is 1. The van der Waals surface area contributed by atoms with Gasteiger partial charge in [0.25, 0.3) is 5.91 Å². The monoisotopic (exact) mass is 313 g/mol. The Bertz CT molecular complexity index is 568. The van der Waals surface area contributed by atoms with E-state index in [0.717, 1.165) is 4.47 Å². The van der Waals surface area contributed by atoms with Crippen LogP contribution in [0.4, 0.5) is 5.82 Å². The van der Waals surface area contributed by atoms with Gasteiger partial charge in [0.1, 0.15) is 11.5 Å². The van der Waals surface area contributed by atoms with E-state index in [0.29, 0.717) is 16.5 Å². The minimum atomic E-state index is -0.229. The molecule has 0 unspecified atom stereocenters. The molecule has 0 fully saturated rings. The van der Waals surface area contributed by atoms with Crippen molar-refractivity contribution in [3.63, 3.8) is 0 Å². The van der Waals surface area contributed by atoms with Crippen LogP contribution in [0.3, 0.4) is 0 Å². The highest BCUT2D eigenvalue weighted by Gasteiger charge is 2.11. The topological polar surface area (TPSA) is 46.9 Å². The number of nitrogens with one attached hydrogen (secondary N) is 1. The Morgan fingerprint density at radius 1 is 1.53 bits per heavy atom. The van der Waals surface area contributed by atoms with Gasteiger partial charge in [-0.25, -0.2) is 4.98 Å². The highest BCUT2D eigenvalue weighted by Crippen LogP contribution is 2.16. The Labute approximate surface area is 112 Å². The van der Waals surface area contributed by atoms with Gasteiger partial charge >= 0.3 is 0 Å². The normalized spacial score (nSPS) is 10.3. The van der Waals surface area contributed by atoms with Gasteiger partial charge < -0.3 is 9.88 Å². The highest BCUT2D eigenvalue weighted by molar-refractivity contribution is 9.10. The van der Waals surface area contributed by atoms with Crippen molar-refractivity contribution in [2.75, 3.05) is 5.32 Å². The molecule has 2 heterocycles. The lowest BCUT2D eigenvalue weighted by Gasteiger charge is -2.05. The number of pyridine rings is 1. The van der Waals surface area contributed by atoms with Crippen LogP contribution < -0.4 is 5.32 Å². The number of nitrogens with zero attached hydrogens (tertiary/aromatic N) is 2. The molecule has 0 aliphatic rings. The van der Waals surface area contributed by atoms with Gasteiger partial charge in [0.15, 0.2) is 0 Å². The van der Waals surface area contributed by atoms with Gasteiger partial charge in [-0.3, -0.25) is 4.79 Å². The summed E-state index contributed by atoms with van der Waals surface area (Å²) in [7, 11) is 1.80. The fourth-order valence-corrected chi connectivity index (χ4v) is 2.09. The number of carbonyl (C=O) groups is 1. The van der Waals surface area contributed by atoms with Crippen LogP contribution in [0.25, 0.3) is 0 Å². The van der Waals surface area contributed by atoms with Crippen LogP contribution in [0, 0.1) is 0 Å². The quantitative estimate of drug-likeness (QED) is 0.926. The molecule has 0 spiro atoms. The molecule has 0 saturated carbocycles. The fraction of sp³-hybridized carbons (Fsp3) is 0.0909. The number of carbonyl (C=O) groups excluding carboxylic acids is 1. The molecular weight excluding hydrogens is 305 g/mol. The number of aryl methyl sites for hydroxylation is 1. The first-order chi connectivity index (χ1) is 8.06. The summed E-state index contributed by atoms with van der Waals surface area (Å²) >= 11 is 9.12. The van der Waals surface area contributed by atoms with Gasteiger partial charge in [0.05, 0.1) is 0 Å². The summed E-state index contributed by atoms with van der Waals surface area (Å²) in [5, 5.41) is 3.21. The number of rotatable bonds is 2. The lowest BCUT2D eigenvalue weighted by Crippen LogP contribution is -2.15. The van der Waals surface area contributed by atoms with Gasteiger partial charge in [0.2, 0.25) is 0 Å². The Kier molecular flexibility index (Phi) is 3.49. The summed E-state index contributed by atoms with van der Waals surface area (Å²) in [6.07, 6.45) is 3.35. The lowest BCUT2D eigenvalue weighted by molar-refractivity contribution is 0.101. The standard InChI is InChI=1S/C11H9BrClN3O/c1-16-6-7(12)4-9(16)11(17)15-10-5-8(13)2-3-14-10/h2-6H,1H3,(H,14,15,17). The third-order valence-corrected chi connectivity index (χ3v) is 2.84. The van der Waals surface area contributed by atoms with Gasteiger partial charge in [-0.2, -0.15) is 0 Å². The van der Waals surface area contributed by atoms with Gasteiger partial charge in [-0.1, -0.05) is 11.6 Å². The molecule has 1 N–H and O–H groups in total. The van der Waals surface area contributed by atoms with Crippen molar-refractivity contribution < 1.29 is 4.79 Å². The number of aromatic nitrogens is 2. The molecule has 4 nitrogen and oxygen atoms in total. The summed E-state index contributed by atoms with van der Waals surface area (Å²) in [6.45, 7) is 0. The maximum Gasteiger partial charge on any atom is 0.273 e. The molecule has 2 aromatic rings. The maximum absolute atomic E-state index is 11.9. The molecule has 0 aliphatic heterocycles. The molecule has 0 saturated heterocycles. The van der Waals surface area contributed by atoms with E-state index in [2.05, 4.69) is 26.2 Å². The molecule has 2 rings (SSSR count). The lowest BCUT2D eigenvalue weighted by atomic mass is 10.4. The molecular formula is C11H9BrClN3O. The number of amides is 1. The molecule has 17 heavy (non-hydrogen) atoms. The average Bonchev–Trinajstić information content (AvgIpc) is 2.58. The van der Waals surface area contributed by atoms with Gasteiger partial charge in [-0.05, 0) is 34.1 Å². The minimum Gasteiger partial charge on any atom is -0.345 e. The predicted molar refractivity (Wildman–Crippen MR) is 70.3 cm³/mol. The van der Waals surface area contributed by atoms with Crippen LogP contribution in [0.1, 0.15) is 10.5 Å². The maximum atomic E-state index is 11.9. The van der Waals surface area contributed by atoms with Crippen molar-refractivity contribution in [1.29, 1.82) is 0 Å². The van der Waals surface area contributed by atoms with E-state index < -0.39 is 0 Å². The molecule has 0 aliphatic carbocycles. The molecule has 0 radical (unpaired) electrons. The Morgan fingerprint density at radius 3 is 2.88 bits per heavy atom. The smallest absolute Gasteiger partial charge is 0.273 e. The second-order valence-electron chi connectivity index (χ2n) is 3.47. The van der Waals surface area contributed by atoms with Gasteiger partial charge in [0, 0.05) is 28.9 Å². The van der Waals surface area contributed by atoms with E-state index in [1.165, 1.54) is 0 Å². The number of anilines is 1. The predicted octanol–water partition coefficient (Wildman–Crippen LogP) is 3.09. The van der Waals surface area contributed by atoms with Crippen molar-refractivity contribution in [3.8, 4) is 0 Å². The van der Waals surface area contributed by atoms with Crippen LogP contribution >= 0.6 is 27.5 Å². The zero-order valence-corrected chi connectivity index (χ0v) is 11.3. The minimum absolute atomic E-state index is 0.229. The molecule has 1 amide bonds. The Hall–Kier alpha value is -1.33. The fourth-order valence-electron chi connectivity index (χ4n) is 1.40. The second-order valence-corrected chi connectivity index (χ2v) is 4.82. The van der Waals surface area contributed by atoms with Crippen molar-refractivity contribution >= 4 is 39.3 Å². The largest absolute Gasteiger partial charge is 0.345 e. The highest BCUT2D eigenvalue weighted by atomic mass is 79.9. The van der Waals surface area contributed by atoms with Crippen LogP contribution in [-0.2, 0) is 7.05 Å². The van der Waals surface area contributed by atoms with Crippen molar-refractivity contribution in [2.24, 2.45) is 7.05 Å². The zero-order chi connectivity index (χ0) is 12.4. The molecule has 2 aromatic heterocycles. The first-order valence-electron chi connectivity index (χ1n) is 4.81. The SMILES string of the molecule is Cn1cc(Br)cc1C(=O)Nc1cc(Cl)ccn1. The summed E-state index contributed by atoms with van der Waals surface area (Å²) in [5.41, 5.74) is 0.540. The Balaban J connectivity index is 2.20.